The summed E-state index contributed by atoms with van der Waals surface area (Å²) in [5.74, 6) is 1.29. The first-order valence-electron chi connectivity index (χ1n) is 4.73. The highest BCUT2D eigenvalue weighted by Gasteiger charge is 2.26. The standard InChI is InChI=1S/C10H10N2O3/c11-6-2-10(13)12-7-3-9-8(1-5(6)7)14-4-15-9/h1,3,6H,2,4,11H2,(H,12,13). The number of fused-ring (bicyclic) bond motifs is 2. The van der Waals surface area contributed by atoms with Crippen LogP contribution in [0.3, 0.4) is 0 Å². The third-order valence-corrected chi connectivity index (χ3v) is 2.62. The first-order valence-corrected chi connectivity index (χ1v) is 4.73. The number of anilines is 1. The van der Waals surface area contributed by atoms with Gasteiger partial charge in [-0.15, -0.1) is 0 Å². The molecular formula is C10H10N2O3. The Bertz CT molecular complexity index is 445. The van der Waals surface area contributed by atoms with Gasteiger partial charge in [0.05, 0.1) is 0 Å². The van der Waals surface area contributed by atoms with Crippen LogP contribution in [-0.2, 0) is 4.79 Å². The van der Waals surface area contributed by atoms with Gasteiger partial charge in [0.25, 0.3) is 0 Å². The molecule has 2 aliphatic heterocycles. The van der Waals surface area contributed by atoms with E-state index in [2.05, 4.69) is 5.32 Å². The van der Waals surface area contributed by atoms with Crippen molar-refractivity contribution in [3.8, 4) is 11.5 Å². The number of nitrogens with one attached hydrogen (secondary N) is 1. The fourth-order valence-electron chi connectivity index (χ4n) is 1.88. The molecule has 15 heavy (non-hydrogen) atoms. The third-order valence-electron chi connectivity index (χ3n) is 2.62. The van der Waals surface area contributed by atoms with Gasteiger partial charge in [0.15, 0.2) is 11.5 Å². The summed E-state index contributed by atoms with van der Waals surface area (Å²) < 4.78 is 10.5. The van der Waals surface area contributed by atoms with Crippen molar-refractivity contribution in [1.82, 2.24) is 0 Å². The number of nitrogens with two attached hydrogens (primary N) is 1. The summed E-state index contributed by atoms with van der Waals surface area (Å²) in [6, 6.07) is 3.33. The highest BCUT2D eigenvalue weighted by atomic mass is 16.7. The molecule has 3 N–H and O–H groups in total. The maximum atomic E-state index is 11.3. The van der Waals surface area contributed by atoms with E-state index in [4.69, 9.17) is 15.2 Å². The van der Waals surface area contributed by atoms with Gasteiger partial charge in [-0.05, 0) is 11.6 Å². The Morgan fingerprint density at radius 3 is 2.87 bits per heavy atom. The van der Waals surface area contributed by atoms with Crippen molar-refractivity contribution < 1.29 is 14.3 Å². The first-order chi connectivity index (χ1) is 7.24. The van der Waals surface area contributed by atoms with E-state index in [1.165, 1.54) is 0 Å². The SMILES string of the molecule is NC1CC(=O)Nc2cc3c(cc21)OCO3. The molecule has 3 rings (SSSR count). The van der Waals surface area contributed by atoms with Crippen molar-refractivity contribution in [2.75, 3.05) is 12.1 Å². The molecule has 5 heteroatoms. The van der Waals surface area contributed by atoms with E-state index < -0.39 is 0 Å². The molecule has 0 aromatic heterocycles. The van der Waals surface area contributed by atoms with Crippen LogP contribution in [0.15, 0.2) is 12.1 Å². The average molecular weight is 206 g/mol. The van der Waals surface area contributed by atoms with Crippen molar-refractivity contribution in [3.63, 3.8) is 0 Å². The number of benzene rings is 1. The molecule has 0 saturated heterocycles. The largest absolute Gasteiger partial charge is 0.454 e. The quantitative estimate of drug-likeness (QED) is 0.657. The van der Waals surface area contributed by atoms with E-state index in [-0.39, 0.29) is 18.7 Å². The van der Waals surface area contributed by atoms with Crippen LogP contribution < -0.4 is 20.5 Å². The second-order valence-corrected chi connectivity index (χ2v) is 3.65. The lowest BCUT2D eigenvalue weighted by Crippen LogP contribution is -2.27. The van der Waals surface area contributed by atoms with E-state index in [0.29, 0.717) is 17.9 Å². The first kappa shape index (κ1) is 8.55. The van der Waals surface area contributed by atoms with Gasteiger partial charge in [-0.2, -0.15) is 0 Å². The van der Waals surface area contributed by atoms with Crippen LogP contribution >= 0.6 is 0 Å². The number of hydrogen-bond acceptors (Lipinski definition) is 4. The Kier molecular flexibility index (Phi) is 1.63. The number of rotatable bonds is 0. The second-order valence-electron chi connectivity index (χ2n) is 3.65. The number of hydrogen-bond donors (Lipinski definition) is 2. The van der Waals surface area contributed by atoms with Gasteiger partial charge < -0.3 is 20.5 Å². The molecule has 1 unspecified atom stereocenters. The average Bonchev–Trinajstić information content (AvgIpc) is 2.61. The predicted octanol–water partition coefficient (Wildman–Crippen LogP) is 0.757. The smallest absolute Gasteiger partial charge is 0.231 e. The fourth-order valence-corrected chi connectivity index (χ4v) is 1.88. The van der Waals surface area contributed by atoms with Gasteiger partial charge in [-0.25, -0.2) is 0 Å². The molecule has 1 amide bonds. The molecule has 0 aliphatic carbocycles. The molecular weight excluding hydrogens is 196 g/mol. The van der Waals surface area contributed by atoms with Gasteiger partial charge >= 0.3 is 0 Å². The maximum absolute atomic E-state index is 11.3. The summed E-state index contributed by atoms with van der Waals surface area (Å²) in [7, 11) is 0. The zero-order chi connectivity index (χ0) is 10.4. The van der Waals surface area contributed by atoms with Crippen LogP contribution in [-0.4, -0.2) is 12.7 Å². The second kappa shape index (κ2) is 2.87. The molecule has 2 aliphatic rings. The van der Waals surface area contributed by atoms with Gasteiger partial charge in [0.2, 0.25) is 12.7 Å². The van der Waals surface area contributed by atoms with E-state index in [0.717, 1.165) is 11.3 Å². The molecule has 0 radical (unpaired) electrons. The predicted molar refractivity (Wildman–Crippen MR) is 52.7 cm³/mol. The van der Waals surface area contributed by atoms with Crippen LogP contribution in [0.4, 0.5) is 5.69 Å². The molecule has 1 atom stereocenters. The van der Waals surface area contributed by atoms with Crippen molar-refractivity contribution in [3.05, 3.63) is 17.7 Å². The van der Waals surface area contributed by atoms with Crippen LogP contribution in [0.2, 0.25) is 0 Å². The Hall–Kier alpha value is -1.75. The summed E-state index contributed by atoms with van der Waals surface area (Å²) in [5.41, 5.74) is 7.50. The summed E-state index contributed by atoms with van der Waals surface area (Å²) in [4.78, 5) is 11.3. The summed E-state index contributed by atoms with van der Waals surface area (Å²) in [5, 5.41) is 2.77. The Morgan fingerprint density at radius 2 is 2.07 bits per heavy atom. The molecule has 1 aromatic rings. The fraction of sp³-hybridized carbons (Fsp3) is 0.300. The minimum Gasteiger partial charge on any atom is -0.454 e. The van der Waals surface area contributed by atoms with Crippen LogP contribution in [0.25, 0.3) is 0 Å². The van der Waals surface area contributed by atoms with Crippen molar-refractivity contribution in [1.29, 1.82) is 0 Å². The summed E-state index contributed by atoms with van der Waals surface area (Å²) >= 11 is 0. The monoisotopic (exact) mass is 206 g/mol. The summed E-state index contributed by atoms with van der Waals surface area (Å²) in [6.07, 6.45) is 0.312. The lowest BCUT2D eigenvalue weighted by molar-refractivity contribution is -0.116. The van der Waals surface area contributed by atoms with Crippen LogP contribution in [0.1, 0.15) is 18.0 Å². The lowest BCUT2D eigenvalue weighted by Gasteiger charge is -2.22. The molecule has 0 spiro atoms. The highest BCUT2D eigenvalue weighted by Crippen LogP contribution is 2.40. The Balaban J connectivity index is 2.13. The zero-order valence-corrected chi connectivity index (χ0v) is 7.95. The van der Waals surface area contributed by atoms with E-state index in [1.54, 1.807) is 6.07 Å². The minimum atomic E-state index is -0.261. The zero-order valence-electron chi connectivity index (χ0n) is 7.95. The Morgan fingerprint density at radius 1 is 1.33 bits per heavy atom. The van der Waals surface area contributed by atoms with Gasteiger partial charge in [-0.3, -0.25) is 4.79 Å². The van der Waals surface area contributed by atoms with E-state index >= 15 is 0 Å². The lowest BCUT2D eigenvalue weighted by atomic mass is 9.98. The molecule has 2 heterocycles. The van der Waals surface area contributed by atoms with Crippen LogP contribution in [0, 0.1) is 0 Å². The van der Waals surface area contributed by atoms with Gasteiger partial charge in [-0.1, -0.05) is 0 Å². The molecule has 5 nitrogen and oxygen atoms in total. The van der Waals surface area contributed by atoms with E-state index in [1.807, 2.05) is 6.07 Å². The highest BCUT2D eigenvalue weighted by molar-refractivity contribution is 5.95. The van der Waals surface area contributed by atoms with Gasteiger partial charge in [0, 0.05) is 24.2 Å². The normalized spacial score (nSPS) is 22.2. The van der Waals surface area contributed by atoms with Gasteiger partial charge in [0.1, 0.15) is 0 Å². The topological polar surface area (TPSA) is 73.6 Å². The van der Waals surface area contributed by atoms with Crippen molar-refractivity contribution in [2.45, 2.75) is 12.5 Å². The molecule has 78 valence electrons. The summed E-state index contributed by atoms with van der Waals surface area (Å²) in [6.45, 7) is 0.224. The third kappa shape index (κ3) is 1.24. The maximum Gasteiger partial charge on any atom is 0.231 e. The molecule has 0 bridgehead atoms. The van der Waals surface area contributed by atoms with Crippen molar-refractivity contribution in [2.24, 2.45) is 5.73 Å². The molecule has 0 saturated carbocycles. The van der Waals surface area contributed by atoms with E-state index in [9.17, 15) is 4.79 Å². The minimum absolute atomic E-state index is 0.0612. The van der Waals surface area contributed by atoms with Crippen molar-refractivity contribution >= 4 is 11.6 Å². The number of carbonyl (C=O) groups is 1. The Labute approximate surface area is 86.2 Å². The number of carbonyl (C=O) groups excluding carboxylic acids is 1. The molecule has 1 aromatic carbocycles. The number of amides is 1. The molecule has 0 fully saturated rings. The van der Waals surface area contributed by atoms with Crippen LogP contribution in [0.5, 0.6) is 11.5 Å². The number of ether oxygens (including phenoxy) is 2.